The Bertz CT molecular complexity index is 458. The number of benzene rings is 1. The van der Waals surface area contributed by atoms with Crippen LogP contribution in [0.5, 0.6) is 0 Å². The molecule has 0 radical (unpaired) electrons. The van der Waals surface area contributed by atoms with Crippen LogP contribution >= 0.6 is 11.6 Å². The lowest BCUT2D eigenvalue weighted by Crippen LogP contribution is -2.20. The average molecular weight is 282 g/mol. The van der Waals surface area contributed by atoms with E-state index in [2.05, 4.69) is 0 Å². The van der Waals surface area contributed by atoms with E-state index in [0.717, 1.165) is 0 Å². The minimum absolute atomic E-state index is 0.00962. The van der Waals surface area contributed by atoms with E-state index in [9.17, 15) is 29.1 Å². The van der Waals surface area contributed by atoms with Crippen molar-refractivity contribution in [3.05, 3.63) is 39.4 Å². The third-order valence-electron chi connectivity index (χ3n) is 2.35. The van der Waals surface area contributed by atoms with E-state index in [-0.39, 0.29) is 12.3 Å². The fourth-order valence-electron chi connectivity index (χ4n) is 1.42. The van der Waals surface area contributed by atoms with Crippen LogP contribution in [-0.4, -0.2) is 27.1 Å². The van der Waals surface area contributed by atoms with Crippen molar-refractivity contribution in [3.8, 4) is 0 Å². The molecule has 0 spiro atoms. The number of nitrogens with zero attached hydrogens (tertiary/aromatic N) is 1. The molecule has 0 saturated carbocycles. The third-order valence-corrected chi connectivity index (χ3v) is 2.57. The van der Waals surface area contributed by atoms with Crippen molar-refractivity contribution in [2.45, 2.75) is 18.6 Å². The van der Waals surface area contributed by atoms with Gasteiger partial charge in [0.15, 0.2) is 11.6 Å². The zero-order chi connectivity index (χ0) is 13.9. The lowest BCUT2D eigenvalue weighted by molar-refractivity contribution is -0.386. The summed E-state index contributed by atoms with van der Waals surface area (Å²) in [4.78, 5) is 9.70. The molecule has 0 heterocycles. The second-order valence-corrected chi connectivity index (χ2v) is 3.95. The Kier molecular flexibility index (Phi) is 4.94. The largest absolute Gasteiger partial charge is 0.390 e. The lowest BCUT2D eigenvalue weighted by Gasteiger charge is -2.17. The predicted octanol–water partition coefficient (Wildman–Crippen LogP) is 1.90. The van der Waals surface area contributed by atoms with Crippen molar-refractivity contribution in [1.29, 1.82) is 0 Å². The summed E-state index contributed by atoms with van der Waals surface area (Å²) in [6.07, 6.45) is -3.15. The van der Waals surface area contributed by atoms with Crippen molar-refractivity contribution in [2.75, 3.05) is 5.88 Å². The Hall–Kier alpha value is -1.31. The molecule has 0 fully saturated rings. The first-order valence-electron chi connectivity index (χ1n) is 4.94. The number of rotatable bonds is 5. The highest BCUT2D eigenvalue weighted by molar-refractivity contribution is 6.17. The quantitative estimate of drug-likeness (QED) is 0.490. The molecule has 0 amide bonds. The Labute approximate surface area is 106 Å². The molecule has 8 heteroatoms. The summed E-state index contributed by atoms with van der Waals surface area (Å²) in [6, 6.07) is 0.858. The molecule has 1 rings (SSSR count). The van der Waals surface area contributed by atoms with Crippen LogP contribution in [0.1, 0.15) is 18.1 Å². The second kappa shape index (κ2) is 6.03. The molecule has 2 atom stereocenters. The van der Waals surface area contributed by atoms with Gasteiger partial charge in [-0.3, -0.25) is 10.1 Å². The van der Waals surface area contributed by atoms with Crippen LogP contribution in [0, 0.1) is 21.7 Å². The molecular formula is C10H10ClF2NO4. The van der Waals surface area contributed by atoms with Crippen LogP contribution in [0.25, 0.3) is 0 Å². The minimum atomic E-state index is -1.71. The maximum Gasteiger partial charge on any atom is 0.278 e. The molecule has 2 N–H and O–H groups in total. The second-order valence-electron chi connectivity index (χ2n) is 3.57. The first-order valence-corrected chi connectivity index (χ1v) is 5.47. The van der Waals surface area contributed by atoms with E-state index >= 15 is 0 Å². The summed E-state index contributed by atoms with van der Waals surface area (Å²) in [5.74, 6) is -2.73. The van der Waals surface area contributed by atoms with Crippen LogP contribution in [0.15, 0.2) is 12.1 Å². The number of nitro groups is 1. The number of halogens is 3. The van der Waals surface area contributed by atoms with E-state index in [0.29, 0.717) is 12.1 Å². The first-order chi connectivity index (χ1) is 8.38. The summed E-state index contributed by atoms with van der Waals surface area (Å²) in [6.45, 7) is 0. The van der Waals surface area contributed by atoms with Crippen molar-refractivity contribution in [3.63, 3.8) is 0 Å². The van der Waals surface area contributed by atoms with Gasteiger partial charge in [-0.25, -0.2) is 8.78 Å². The smallest absolute Gasteiger partial charge is 0.278 e. The molecule has 100 valence electrons. The van der Waals surface area contributed by atoms with E-state index in [4.69, 9.17) is 11.6 Å². The van der Waals surface area contributed by atoms with Gasteiger partial charge in [0.2, 0.25) is 0 Å². The van der Waals surface area contributed by atoms with E-state index in [1.54, 1.807) is 0 Å². The molecule has 0 aromatic heterocycles. The van der Waals surface area contributed by atoms with Gasteiger partial charge in [0.25, 0.3) is 5.69 Å². The summed E-state index contributed by atoms with van der Waals surface area (Å²) in [5.41, 5.74) is -1.29. The van der Waals surface area contributed by atoms with Crippen LogP contribution in [0.3, 0.4) is 0 Å². The van der Waals surface area contributed by atoms with Crippen LogP contribution in [0.4, 0.5) is 14.5 Å². The topological polar surface area (TPSA) is 83.6 Å². The highest BCUT2D eigenvalue weighted by Gasteiger charge is 2.28. The molecule has 1 aromatic carbocycles. The molecule has 0 aliphatic carbocycles. The Morgan fingerprint density at radius 3 is 2.39 bits per heavy atom. The molecule has 18 heavy (non-hydrogen) atoms. The fourth-order valence-corrected chi connectivity index (χ4v) is 1.65. The lowest BCUT2D eigenvalue weighted by atomic mass is 10.0. The SMILES string of the molecule is O=[N+]([O-])c1cc(F)c(F)cc1C(O)C(O)CCCl. The van der Waals surface area contributed by atoms with Gasteiger partial charge in [-0.05, 0) is 12.5 Å². The zero-order valence-electron chi connectivity index (χ0n) is 9.02. The normalized spacial score (nSPS) is 14.3. The van der Waals surface area contributed by atoms with Gasteiger partial charge in [-0.15, -0.1) is 11.6 Å². The van der Waals surface area contributed by atoms with Gasteiger partial charge in [-0.2, -0.15) is 0 Å². The number of aliphatic hydroxyl groups is 2. The number of aliphatic hydroxyl groups excluding tert-OH is 2. The van der Waals surface area contributed by atoms with Crippen molar-refractivity contribution < 1.29 is 23.9 Å². The van der Waals surface area contributed by atoms with E-state index < -0.39 is 40.0 Å². The van der Waals surface area contributed by atoms with Crippen LogP contribution in [0.2, 0.25) is 0 Å². The molecule has 0 aliphatic heterocycles. The maximum absolute atomic E-state index is 13.0. The first kappa shape index (κ1) is 14.7. The van der Waals surface area contributed by atoms with Crippen molar-refractivity contribution >= 4 is 17.3 Å². The summed E-state index contributed by atoms with van der Waals surface area (Å²) in [7, 11) is 0. The third kappa shape index (κ3) is 3.12. The van der Waals surface area contributed by atoms with E-state index in [1.165, 1.54) is 0 Å². The van der Waals surface area contributed by atoms with Gasteiger partial charge in [0.1, 0.15) is 6.10 Å². The number of hydrogen-bond acceptors (Lipinski definition) is 4. The molecule has 2 unspecified atom stereocenters. The Morgan fingerprint density at radius 1 is 1.33 bits per heavy atom. The van der Waals surface area contributed by atoms with Gasteiger partial charge >= 0.3 is 0 Å². The van der Waals surface area contributed by atoms with Crippen molar-refractivity contribution in [1.82, 2.24) is 0 Å². The standard InChI is InChI=1S/C10H10ClF2NO4/c11-2-1-9(15)10(16)5-3-6(12)7(13)4-8(5)14(17)18/h3-4,9-10,15-16H,1-2H2. The Morgan fingerprint density at radius 2 is 1.89 bits per heavy atom. The summed E-state index contributed by atoms with van der Waals surface area (Å²) >= 11 is 5.35. The summed E-state index contributed by atoms with van der Waals surface area (Å²) in [5, 5.41) is 29.8. The Balaban J connectivity index is 3.21. The van der Waals surface area contributed by atoms with Gasteiger partial charge in [-0.1, -0.05) is 0 Å². The van der Waals surface area contributed by atoms with Gasteiger partial charge < -0.3 is 10.2 Å². The number of hydrogen-bond donors (Lipinski definition) is 2. The number of alkyl halides is 1. The average Bonchev–Trinajstić information content (AvgIpc) is 2.31. The van der Waals surface area contributed by atoms with Gasteiger partial charge in [0, 0.05) is 5.88 Å². The maximum atomic E-state index is 13.0. The molecule has 5 nitrogen and oxygen atoms in total. The highest BCUT2D eigenvalue weighted by atomic mass is 35.5. The molecular weight excluding hydrogens is 272 g/mol. The summed E-state index contributed by atoms with van der Waals surface area (Å²) < 4.78 is 25.9. The number of nitro benzene ring substituents is 1. The minimum Gasteiger partial charge on any atom is -0.390 e. The zero-order valence-corrected chi connectivity index (χ0v) is 9.77. The monoisotopic (exact) mass is 281 g/mol. The van der Waals surface area contributed by atoms with Crippen molar-refractivity contribution in [2.24, 2.45) is 0 Å². The molecule has 1 aromatic rings. The van der Waals surface area contributed by atoms with Gasteiger partial charge in [0.05, 0.1) is 22.7 Å². The van der Waals surface area contributed by atoms with Crippen LogP contribution in [-0.2, 0) is 0 Å². The van der Waals surface area contributed by atoms with Crippen LogP contribution < -0.4 is 0 Å². The fraction of sp³-hybridized carbons (Fsp3) is 0.400. The van der Waals surface area contributed by atoms with E-state index in [1.807, 2.05) is 0 Å². The molecule has 0 aliphatic rings. The molecule has 0 bridgehead atoms. The highest BCUT2D eigenvalue weighted by Crippen LogP contribution is 2.30. The predicted molar refractivity (Wildman–Crippen MR) is 59.3 cm³/mol. The molecule has 0 saturated heterocycles.